The lowest BCUT2D eigenvalue weighted by Gasteiger charge is -2.33. The van der Waals surface area contributed by atoms with E-state index in [1.165, 1.54) is 31.2 Å². The molecule has 2 fully saturated rings. The number of carbonyl (C=O) groups excluding carboxylic acids is 1. The van der Waals surface area contributed by atoms with Crippen LogP contribution in [-0.4, -0.2) is 42.8 Å². The van der Waals surface area contributed by atoms with Crippen LogP contribution < -0.4 is 5.32 Å². The first-order valence-electron chi connectivity index (χ1n) is 10.1. The summed E-state index contributed by atoms with van der Waals surface area (Å²) in [7, 11) is 2.11. The van der Waals surface area contributed by atoms with Gasteiger partial charge in [0.2, 0.25) is 0 Å². The molecule has 1 atom stereocenters. The molecule has 2 aromatic rings. The van der Waals surface area contributed by atoms with Gasteiger partial charge in [0, 0.05) is 23.5 Å². The van der Waals surface area contributed by atoms with Gasteiger partial charge in [-0.25, -0.2) is 9.37 Å². The molecule has 1 aliphatic carbocycles. The van der Waals surface area contributed by atoms with Crippen LogP contribution in [-0.2, 0) is 6.67 Å². The number of nitrogens with one attached hydrogen (secondary N) is 1. The number of benzene rings is 1. The molecule has 4 rings (SSSR count). The molecule has 6 heteroatoms. The largest absolute Gasteiger partial charge is 0.349 e. The predicted octanol–water partition coefficient (Wildman–Crippen LogP) is 3.02. The Morgan fingerprint density at radius 1 is 1.30 bits per heavy atom. The highest BCUT2D eigenvalue weighted by Gasteiger charge is 2.25. The number of aryl methyl sites for hydroxylation is 1. The topological polar surface area (TPSA) is 45.2 Å². The summed E-state index contributed by atoms with van der Waals surface area (Å²) in [6.45, 7) is 3.14. The minimum Gasteiger partial charge on any atom is -0.349 e. The quantitative estimate of drug-likeness (QED) is 0.827. The number of carbonyl (C=O) groups is 1. The summed E-state index contributed by atoms with van der Waals surface area (Å²) < 4.78 is 13.7. The van der Waals surface area contributed by atoms with Crippen molar-refractivity contribution in [2.75, 3.05) is 13.1 Å². The summed E-state index contributed by atoms with van der Waals surface area (Å²) in [4.78, 5) is 19.5. The lowest BCUT2D eigenvalue weighted by Crippen LogP contribution is -2.45. The number of rotatable bonds is 5. The number of piperidine rings is 1. The molecule has 4 nitrogen and oxygen atoms in total. The molecule has 1 amide bonds. The van der Waals surface area contributed by atoms with Gasteiger partial charge in [0.15, 0.2) is 7.98 Å². The van der Waals surface area contributed by atoms with Crippen LogP contribution in [0.15, 0.2) is 18.2 Å². The number of alkyl halides is 1. The maximum atomic E-state index is 13.7. The minimum absolute atomic E-state index is 0.171. The molecule has 2 aliphatic rings. The number of aromatic nitrogens is 1. The lowest BCUT2D eigenvalue weighted by atomic mass is 9.98. The Kier molecular flexibility index (Phi) is 5.18. The standard InChI is InChI=1S/C21H27BFN3O/c1-13-8-19(21(27)24-12-17-4-2-3-7-26(17)22)25-20-16(11-23)9-15(10-18(13)20)14-5-6-14/h8-10,14,17H,2-7,11-12,22H2,1H3,(H,24,27). The molecule has 1 aliphatic heterocycles. The number of hydrogen-bond donors (Lipinski definition) is 1. The molecule has 1 saturated carbocycles. The van der Waals surface area contributed by atoms with Gasteiger partial charge < -0.3 is 10.1 Å². The van der Waals surface area contributed by atoms with Crippen molar-refractivity contribution in [2.45, 2.75) is 57.7 Å². The molecule has 1 aromatic heterocycles. The summed E-state index contributed by atoms with van der Waals surface area (Å²) in [5, 5.41) is 4.00. The second-order valence-corrected chi connectivity index (χ2v) is 8.15. The Bertz CT molecular complexity index is 868. The molecule has 1 N–H and O–H groups in total. The summed E-state index contributed by atoms with van der Waals surface area (Å²) in [6, 6.07) is 6.28. The Morgan fingerprint density at radius 3 is 2.81 bits per heavy atom. The fourth-order valence-corrected chi connectivity index (χ4v) is 4.16. The maximum absolute atomic E-state index is 13.7. The van der Waals surface area contributed by atoms with Gasteiger partial charge in [-0.1, -0.05) is 12.5 Å². The third-order valence-electron chi connectivity index (χ3n) is 6.07. The molecular weight excluding hydrogens is 340 g/mol. The minimum atomic E-state index is -0.554. The van der Waals surface area contributed by atoms with Crippen molar-refractivity contribution >= 4 is 24.8 Å². The molecule has 0 spiro atoms. The Hall–Kier alpha value is -1.95. The molecule has 1 aromatic carbocycles. The highest BCUT2D eigenvalue weighted by molar-refractivity contribution is 6.04. The summed E-state index contributed by atoms with van der Waals surface area (Å²) in [5.41, 5.74) is 3.79. The normalized spacial score (nSPS) is 20.7. The van der Waals surface area contributed by atoms with Gasteiger partial charge in [-0.3, -0.25) is 4.79 Å². The molecule has 2 heterocycles. The second kappa shape index (κ2) is 7.59. The third kappa shape index (κ3) is 3.86. The molecule has 0 radical (unpaired) electrons. The highest BCUT2D eigenvalue weighted by atomic mass is 19.1. The van der Waals surface area contributed by atoms with Crippen molar-refractivity contribution in [3.05, 3.63) is 40.6 Å². The Labute approximate surface area is 161 Å². The molecule has 27 heavy (non-hydrogen) atoms. The fraction of sp³-hybridized carbons (Fsp3) is 0.524. The van der Waals surface area contributed by atoms with E-state index in [-0.39, 0.29) is 5.91 Å². The van der Waals surface area contributed by atoms with Crippen molar-refractivity contribution in [1.29, 1.82) is 0 Å². The number of fused-ring (bicyclic) bond motifs is 1. The molecule has 1 unspecified atom stereocenters. The molecule has 142 valence electrons. The van der Waals surface area contributed by atoms with Crippen LogP contribution in [0.5, 0.6) is 0 Å². The van der Waals surface area contributed by atoms with Crippen molar-refractivity contribution < 1.29 is 9.18 Å². The average molecular weight is 367 g/mol. The maximum Gasteiger partial charge on any atom is 0.269 e. The van der Waals surface area contributed by atoms with Crippen LogP contribution in [0.4, 0.5) is 4.39 Å². The van der Waals surface area contributed by atoms with Gasteiger partial charge in [-0.05, 0) is 68.3 Å². The third-order valence-corrected chi connectivity index (χ3v) is 6.07. The van der Waals surface area contributed by atoms with Gasteiger partial charge in [0.1, 0.15) is 12.4 Å². The van der Waals surface area contributed by atoms with Crippen LogP contribution in [0.3, 0.4) is 0 Å². The van der Waals surface area contributed by atoms with E-state index in [0.29, 0.717) is 35.3 Å². The highest BCUT2D eigenvalue weighted by Crippen LogP contribution is 2.42. The number of amides is 1. The van der Waals surface area contributed by atoms with Crippen molar-refractivity contribution in [3.8, 4) is 0 Å². The molecular formula is C21H27BFN3O. The monoisotopic (exact) mass is 367 g/mol. The van der Waals surface area contributed by atoms with E-state index in [0.717, 1.165) is 23.9 Å². The Balaban J connectivity index is 1.58. The Morgan fingerprint density at radius 2 is 2.11 bits per heavy atom. The average Bonchev–Trinajstić information content (AvgIpc) is 3.51. The van der Waals surface area contributed by atoms with Gasteiger partial charge in [0.05, 0.1) is 5.52 Å². The summed E-state index contributed by atoms with van der Waals surface area (Å²) in [6.07, 6.45) is 5.90. The first-order valence-corrected chi connectivity index (χ1v) is 10.1. The van der Waals surface area contributed by atoms with E-state index >= 15 is 0 Å². The van der Waals surface area contributed by atoms with Gasteiger partial charge in [-0.2, -0.15) is 0 Å². The first kappa shape index (κ1) is 18.4. The van der Waals surface area contributed by atoms with Crippen molar-refractivity contribution in [2.24, 2.45) is 0 Å². The van der Waals surface area contributed by atoms with E-state index in [1.54, 1.807) is 0 Å². The zero-order valence-corrected chi connectivity index (χ0v) is 16.2. The van der Waals surface area contributed by atoms with Gasteiger partial charge in [0.25, 0.3) is 5.91 Å². The van der Waals surface area contributed by atoms with Gasteiger partial charge >= 0.3 is 0 Å². The van der Waals surface area contributed by atoms with Crippen LogP contribution in [0, 0.1) is 6.92 Å². The molecule has 0 bridgehead atoms. The van der Waals surface area contributed by atoms with E-state index in [4.69, 9.17) is 0 Å². The smallest absolute Gasteiger partial charge is 0.269 e. The first-order chi connectivity index (χ1) is 13.1. The predicted molar refractivity (Wildman–Crippen MR) is 108 cm³/mol. The fourth-order valence-electron chi connectivity index (χ4n) is 4.16. The van der Waals surface area contributed by atoms with Crippen LogP contribution in [0.1, 0.15) is 65.2 Å². The summed E-state index contributed by atoms with van der Waals surface area (Å²) in [5.74, 6) is 0.393. The van der Waals surface area contributed by atoms with E-state index in [9.17, 15) is 9.18 Å². The number of pyridine rings is 1. The lowest BCUT2D eigenvalue weighted by molar-refractivity contribution is 0.0935. The van der Waals surface area contributed by atoms with Crippen molar-refractivity contribution in [1.82, 2.24) is 15.1 Å². The van der Waals surface area contributed by atoms with E-state index in [2.05, 4.69) is 29.2 Å². The van der Waals surface area contributed by atoms with Crippen LogP contribution in [0.2, 0.25) is 0 Å². The zero-order chi connectivity index (χ0) is 19.0. The van der Waals surface area contributed by atoms with Gasteiger partial charge in [-0.15, -0.1) is 0 Å². The SMILES string of the molecule is BN1CCCCC1CNC(=O)c1cc(C)c2cc(C3CC3)cc(CF)c2n1. The zero-order valence-electron chi connectivity index (χ0n) is 16.2. The van der Waals surface area contributed by atoms with Crippen LogP contribution in [0.25, 0.3) is 10.9 Å². The van der Waals surface area contributed by atoms with Crippen LogP contribution >= 0.6 is 0 Å². The number of nitrogens with zero attached hydrogens (tertiary/aromatic N) is 2. The summed E-state index contributed by atoms with van der Waals surface area (Å²) >= 11 is 0. The number of hydrogen-bond acceptors (Lipinski definition) is 3. The molecule has 1 saturated heterocycles. The second-order valence-electron chi connectivity index (χ2n) is 8.15. The van der Waals surface area contributed by atoms with E-state index < -0.39 is 6.67 Å². The van der Waals surface area contributed by atoms with E-state index in [1.807, 2.05) is 19.1 Å². The number of halogens is 1. The van der Waals surface area contributed by atoms with Crippen molar-refractivity contribution in [3.63, 3.8) is 0 Å².